The normalized spacial score (nSPS) is 13.3. The number of thiophene rings is 1. The first kappa shape index (κ1) is 20.0. The van der Waals surface area contributed by atoms with Gasteiger partial charge in [0.15, 0.2) is 5.96 Å². The van der Waals surface area contributed by atoms with Crippen molar-refractivity contribution >= 4 is 33.2 Å². The molecule has 0 spiro atoms. The number of rotatable bonds is 7. The minimum atomic E-state index is 0.297. The van der Waals surface area contributed by atoms with Gasteiger partial charge in [0, 0.05) is 41.9 Å². The van der Waals surface area contributed by atoms with Crippen LogP contribution in [0.15, 0.2) is 39.2 Å². The summed E-state index contributed by atoms with van der Waals surface area (Å²) in [5, 5.41) is 5.53. The van der Waals surface area contributed by atoms with E-state index in [-0.39, 0.29) is 0 Å². The van der Waals surface area contributed by atoms with Crippen LogP contribution in [0.2, 0.25) is 0 Å². The van der Waals surface area contributed by atoms with Crippen LogP contribution in [0.1, 0.15) is 23.5 Å². The second-order valence-corrected chi connectivity index (χ2v) is 8.20. The quantitative estimate of drug-likeness (QED) is 0.544. The summed E-state index contributed by atoms with van der Waals surface area (Å²) in [6, 6.07) is 6.73. The van der Waals surface area contributed by atoms with Gasteiger partial charge >= 0.3 is 0 Å². The van der Waals surface area contributed by atoms with Gasteiger partial charge in [-0.1, -0.05) is 6.07 Å². The lowest BCUT2D eigenvalue weighted by Crippen LogP contribution is -2.39. The summed E-state index contributed by atoms with van der Waals surface area (Å²) < 4.78 is 3.24. The number of nitrogens with zero attached hydrogens (tertiary/aromatic N) is 4. The molecule has 2 rings (SSSR count). The van der Waals surface area contributed by atoms with Crippen molar-refractivity contribution in [2.24, 2.45) is 12.0 Å². The number of hydrogen-bond acceptors (Lipinski definition) is 3. The molecule has 138 valence electrons. The van der Waals surface area contributed by atoms with Crippen LogP contribution in [0.5, 0.6) is 0 Å². The van der Waals surface area contributed by atoms with Crippen molar-refractivity contribution in [1.29, 1.82) is 0 Å². The van der Waals surface area contributed by atoms with Crippen molar-refractivity contribution in [2.75, 3.05) is 34.2 Å². The molecule has 0 aliphatic rings. The predicted molar refractivity (Wildman–Crippen MR) is 111 cm³/mol. The van der Waals surface area contributed by atoms with E-state index < -0.39 is 0 Å². The van der Waals surface area contributed by atoms with Crippen LogP contribution in [0.25, 0.3) is 0 Å². The molecule has 2 heterocycles. The monoisotopic (exact) mass is 425 g/mol. The van der Waals surface area contributed by atoms with Gasteiger partial charge in [0.05, 0.1) is 19.1 Å². The molecule has 2 aromatic heterocycles. The predicted octanol–water partition coefficient (Wildman–Crippen LogP) is 3.55. The Balaban J connectivity index is 2.12. The molecular formula is C18H28BrN5S. The number of likely N-dealkylation sites (N-methyl/N-ethyl adjacent to an activating group) is 1. The van der Waals surface area contributed by atoms with E-state index in [1.807, 2.05) is 0 Å². The molecule has 2 aromatic rings. The number of hydrogen-bond donors (Lipinski definition) is 1. The maximum Gasteiger partial charge on any atom is 0.194 e. The first-order chi connectivity index (χ1) is 11.9. The van der Waals surface area contributed by atoms with Crippen LogP contribution < -0.4 is 5.32 Å². The Labute approximate surface area is 163 Å². The van der Waals surface area contributed by atoms with Crippen molar-refractivity contribution in [2.45, 2.75) is 19.5 Å². The molecule has 0 saturated heterocycles. The fourth-order valence-corrected chi connectivity index (χ4v) is 4.16. The highest BCUT2D eigenvalue weighted by Crippen LogP contribution is 2.23. The Morgan fingerprint density at radius 2 is 2.16 bits per heavy atom. The summed E-state index contributed by atoms with van der Waals surface area (Å²) in [5.74, 6) is 0.934. The van der Waals surface area contributed by atoms with Crippen LogP contribution >= 0.6 is 27.3 Å². The minimum Gasteiger partial charge on any atom is -0.357 e. The van der Waals surface area contributed by atoms with Crippen LogP contribution in [-0.4, -0.2) is 54.6 Å². The number of nitrogens with one attached hydrogen (secondary N) is 1. The van der Waals surface area contributed by atoms with Crippen LogP contribution in [0.4, 0.5) is 0 Å². The van der Waals surface area contributed by atoms with Crippen LogP contribution in [0, 0.1) is 0 Å². The molecule has 0 radical (unpaired) electrons. The van der Waals surface area contributed by atoms with Gasteiger partial charge in [-0.15, -0.1) is 11.3 Å². The van der Waals surface area contributed by atoms with Gasteiger partial charge in [0.1, 0.15) is 0 Å². The van der Waals surface area contributed by atoms with Gasteiger partial charge in [0.2, 0.25) is 0 Å². The summed E-state index contributed by atoms with van der Waals surface area (Å²) in [6.45, 7) is 4.49. The standard InChI is InChI=1S/C18H28BrN5S/c1-6-20-18(24(5)13-15-10-14(19)12-23(15)4)21-11-16(22(2)3)17-8-7-9-25-17/h7-10,12,16H,6,11,13H2,1-5H3,(H,20,21). The van der Waals surface area contributed by atoms with Crippen molar-refractivity contribution in [3.8, 4) is 0 Å². The second kappa shape index (κ2) is 9.40. The molecule has 0 saturated carbocycles. The van der Waals surface area contributed by atoms with E-state index in [1.54, 1.807) is 11.3 Å². The van der Waals surface area contributed by atoms with Gasteiger partial charge in [-0.2, -0.15) is 0 Å². The molecule has 0 aromatic carbocycles. The van der Waals surface area contributed by atoms with Gasteiger partial charge < -0.3 is 19.7 Å². The first-order valence-corrected chi connectivity index (χ1v) is 10.1. The Bertz CT molecular complexity index is 678. The third kappa shape index (κ3) is 5.59. The third-order valence-electron chi connectivity index (χ3n) is 4.08. The molecule has 1 atom stereocenters. The minimum absolute atomic E-state index is 0.297. The Kier molecular flexibility index (Phi) is 7.53. The average molecular weight is 426 g/mol. The van der Waals surface area contributed by atoms with E-state index in [0.717, 1.165) is 30.1 Å². The maximum atomic E-state index is 4.90. The summed E-state index contributed by atoms with van der Waals surface area (Å²) in [4.78, 5) is 10.6. The summed E-state index contributed by atoms with van der Waals surface area (Å²) in [6.07, 6.45) is 2.08. The van der Waals surface area contributed by atoms with E-state index in [2.05, 4.69) is 101 Å². The average Bonchev–Trinajstić information content (AvgIpc) is 3.16. The molecule has 0 aliphatic carbocycles. The van der Waals surface area contributed by atoms with E-state index >= 15 is 0 Å². The maximum absolute atomic E-state index is 4.90. The SMILES string of the molecule is CCNC(=NCC(c1cccs1)N(C)C)N(C)Cc1cc(Br)cn1C. The number of aromatic nitrogens is 1. The van der Waals surface area contributed by atoms with E-state index in [9.17, 15) is 0 Å². The summed E-state index contributed by atoms with van der Waals surface area (Å²) in [7, 11) is 8.37. The number of aliphatic imine (C=N–C) groups is 1. The van der Waals surface area contributed by atoms with Gasteiger partial charge in [-0.3, -0.25) is 4.99 Å². The van der Waals surface area contributed by atoms with Gasteiger partial charge in [-0.05, 0) is 54.5 Å². The molecule has 25 heavy (non-hydrogen) atoms. The van der Waals surface area contributed by atoms with Crippen LogP contribution in [-0.2, 0) is 13.6 Å². The summed E-state index contributed by atoms with van der Waals surface area (Å²) >= 11 is 5.33. The Morgan fingerprint density at radius 3 is 2.68 bits per heavy atom. The smallest absolute Gasteiger partial charge is 0.194 e. The number of guanidine groups is 1. The summed E-state index contributed by atoms with van der Waals surface area (Å²) in [5.41, 5.74) is 1.24. The Hall–Kier alpha value is -1.31. The van der Waals surface area contributed by atoms with Crippen molar-refractivity contribution < 1.29 is 0 Å². The van der Waals surface area contributed by atoms with Crippen molar-refractivity contribution in [3.05, 3.63) is 44.8 Å². The molecule has 0 amide bonds. The lowest BCUT2D eigenvalue weighted by molar-refractivity contribution is 0.309. The number of aryl methyl sites for hydroxylation is 1. The van der Waals surface area contributed by atoms with E-state index in [0.29, 0.717) is 6.04 Å². The third-order valence-corrected chi connectivity index (χ3v) is 5.49. The van der Waals surface area contributed by atoms with Crippen molar-refractivity contribution in [3.63, 3.8) is 0 Å². The van der Waals surface area contributed by atoms with E-state index in [4.69, 9.17) is 4.99 Å². The topological polar surface area (TPSA) is 35.8 Å². The Morgan fingerprint density at radius 1 is 1.40 bits per heavy atom. The van der Waals surface area contributed by atoms with Gasteiger partial charge in [-0.25, -0.2) is 0 Å². The molecule has 1 unspecified atom stereocenters. The molecular weight excluding hydrogens is 398 g/mol. The van der Waals surface area contributed by atoms with Crippen LogP contribution in [0.3, 0.4) is 0 Å². The number of halogens is 1. The fourth-order valence-electron chi connectivity index (χ4n) is 2.67. The highest BCUT2D eigenvalue weighted by molar-refractivity contribution is 9.10. The molecule has 7 heteroatoms. The lowest BCUT2D eigenvalue weighted by Gasteiger charge is -2.25. The highest BCUT2D eigenvalue weighted by Gasteiger charge is 2.16. The zero-order chi connectivity index (χ0) is 18.4. The largest absolute Gasteiger partial charge is 0.357 e. The van der Waals surface area contributed by atoms with Gasteiger partial charge in [0.25, 0.3) is 0 Å². The zero-order valence-corrected chi connectivity index (χ0v) is 18.1. The molecule has 0 bridgehead atoms. The van der Waals surface area contributed by atoms with E-state index in [1.165, 1.54) is 10.6 Å². The molecule has 1 N–H and O–H groups in total. The lowest BCUT2D eigenvalue weighted by atomic mass is 10.2. The molecule has 0 fully saturated rings. The molecule has 0 aliphatic heterocycles. The fraction of sp³-hybridized carbons (Fsp3) is 0.500. The second-order valence-electron chi connectivity index (χ2n) is 6.31. The highest BCUT2D eigenvalue weighted by atomic mass is 79.9. The first-order valence-electron chi connectivity index (χ1n) is 8.42. The van der Waals surface area contributed by atoms with Crippen molar-refractivity contribution in [1.82, 2.24) is 19.7 Å². The zero-order valence-electron chi connectivity index (χ0n) is 15.7. The molecule has 5 nitrogen and oxygen atoms in total.